The Labute approximate surface area is 772 Å². The number of piperazine rings is 3. The van der Waals surface area contributed by atoms with Gasteiger partial charge in [-0.15, -0.1) is 0 Å². The maximum atomic E-state index is 11.2. The maximum Gasteiger partial charge on any atom is 0.269 e. The van der Waals surface area contributed by atoms with Crippen molar-refractivity contribution < 1.29 is 25.3 Å². The van der Waals surface area contributed by atoms with Gasteiger partial charge < -0.3 is 60.5 Å². The topological polar surface area (TPSA) is 173 Å². The van der Waals surface area contributed by atoms with Gasteiger partial charge in [0.25, 0.3) is 5.69 Å². The number of nitrogens with zero attached hydrogens (tertiary/aromatic N) is 8. The van der Waals surface area contributed by atoms with Crippen LogP contribution in [0.25, 0.3) is 44.6 Å². The number of hydrogen-bond donors (Lipinski definition) is 5. The molecule has 12 aromatic rings. The van der Waals surface area contributed by atoms with Crippen molar-refractivity contribution in [3.8, 4) is 0 Å². The molecule has 15 heteroatoms. The summed E-state index contributed by atoms with van der Waals surface area (Å²) in [5.41, 5.74) is 38.3. The first kappa shape index (κ1) is 95.5. The van der Waals surface area contributed by atoms with Crippen molar-refractivity contribution in [2.75, 3.05) is 161 Å². The quantitative estimate of drug-likeness (QED) is 0.0125. The number of allylic oxidation sites excluding steroid dienone is 4. The molecule has 0 radical (unpaired) electrons. The highest BCUT2D eigenvalue weighted by Gasteiger charge is 2.32. The molecule has 16 rings (SSSR count). The minimum absolute atomic E-state index is 0.0742. The molecule has 3 aliphatic heterocycles. The largest absolute Gasteiger partial charge is 0.399 e. The number of anilines is 4. The lowest BCUT2D eigenvalue weighted by molar-refractivity contribution is -0.384. The second-order valence-corrected chi connectivity index (χ2v) is 35.3. The van der Waals surface area contributed by atoms with E-state index in [-0.39, 0.29) is 37.0 Å². The van der Waals surface area contributed by atoms with Crippen LogP contribution in [0, 0.1) is 24.0 Å². The number of aliphatic hydroxyl groups is 4. The molecule has 6 N–H and O–H groups in total. The van der Waals surface area contributed by atoms with Gasteiger partial charge in [-0.2, -0.15) is 0 Å². The van der Waals surface area contributed by atoms with Gasteiger partial charge in [-0.05, 0) is 297 Å². The molecular formula is C115H133N9O6. The second-order valence-electron chi connectivity index (χ2n) is 35.3. The number of aryl methyl sites for hydroxylation is 2. The normalized spacial score (nSPS) is 16.3. The molecule has 12 aromatic carbocycles. The zero-order valence-corrected chi connectivity index (χ0v) is 77.3. The van der Waals surface area contributed by atoms with Gasteiger partial charge in [0.2, 0.25) is 0 Å². The summed E-state index contributed by atoms with van der Waals surface area (Å²) in [6, 6.07) is 111. The predicted molar refractivity (Wildman–Crippen MR) is 545 cm³/mol. The third-order valence-electron chi connectivity index (χ3n) is 25.9. The second kappa shape index (κ2) is 48.5. The number of nitrogens with two attached hydrogens (primary N) is 1. The Bertz CT molecular complexity index is 5420. The first-order chi connectivity index (χ1) is 63.4. The molecule has 130 heavy (non-hydrogen) atoms. The lowest BCUT2D eigenvalue weighted by atomic mass is 9.75. The van der Waals surface area contributed by atoms with E-state index in [9.17, 15) is 30.5 Å². The van der Waals surface area contributed by atoms with E-state index < -0.39 is 0 Å². The number of rotatable bonds is 30. The van der Waals surface area contributed by atoms with Crippen molar-refractivity contribution in [2.24, 2.45) is 0 Å². The van der Waals surface area contributed by atoms with Gasteiger partial charge in [-0.25, -0.2) is 0 Å². The molecule has 4 aliphatic rings. The van der Waals surface area contributed by atoms with Gasteiger partial charge in [0, 0.05) is 146 Å². The highest BCUT2D eigenvalue weighted by atomic mass is 16.6. The van der Waals surface area contributed by atoms with Gasteiger partial charge in [-0.3, -0.25) is 10.1 Å². The van der Waals surface area contributed by atoms with E-state index in [0.29, 0.717) is 24.8 Å². The van der Waals surface area contributed by atoms with Crippen LogP contribution < -0.4 is 20.4 Å². The Kier molecular flexibility index (Phi) is 35.6. The highest BCUT2D eigenvalue weighted by Crippen LogP contribution is 2.44. The summed E-state index contributed by atoms with van der Waals surface area (Å²) in [7, 11) is 10.9. The molecule has 3 heterocycles. The summed E-state index contributed by atoms with van der Waals surface area (Å²) in [5, 5.41) is 49.5. The van der Waals surface area contributed by atoms with Crippen molar-refractivity contribution in [3.05, 3.63) is 409 Å². The first-order valence-electron chi connectivity index (χ1n) is 46.7. The third kappa shape index (κ3) is 26.1. The van der Waals surface area contributed by atoms with E-state index in [1.165, 1.54) is 125 Å². The number of aliphatic hydroxyl groups excluding tert-OH is 4. The van der Waals surface area contributed by atoms with Gasteiger partial charge in [-0.1, -0.05) is 254 Å². The molecule has 0 unspecified atom stereocenters. The molecule has 3 saturated heterocycles. The Hall–Kier alpha value is -12.1. The monoisotopic (exact) mass is 1740 g/mol. The molecule has 0 aromatic heterocycles. The number of nitro groups is 1. The minimum Gasteiger partial charge on any atom is -0.399 e. The molecule has 0 bridgehead atoms. The number of hydrogen-bond acceptors (Lipinski definition) is 14. The molecule has 4 fully saturated rings. The van der Waals surface area contributed by atoms with Crippen LogP contribution in [-0.2, 0) is 0 Å². The van der Waals surface area contributed by atoms with Crippen molar-refractivity contribution in [1.29, 1.82) is 0 Å². The van der Waals surface area contributed by atoms with Crippen LogP contribution in [0.15, 0.2) is 315 Å². The summed E-state index contributed by atoms with van der Waals surface area (Å²) in [4.78, 5) is 27.6. The fourth-order valence-corrected chi connectivity index (χ4v) is 18.1. The van der Waals surface area contributed by atoms with Crippen LogP contribution in [-0.4, -0.2) is 191 Å². The standard InChI is InChI=1S/C30H35NO.C29H34N2O.C28H31N3O3.C28H33N3O/c1-22-11-13-25(14-12-22)30(29(10-7-19-32)24-8-5-4-6-9-24)26-17-15-23(16-18-26)27-20-28(21-27)31(2)3;1-23-10-12-25(13-11-23)29(28(9-6-22-32)24-7-4-3-5-8-24)26-14-16-27(17-15-26)31-20-18-30(2)19-21-31;1-29-17-19-30(20-18-29)25-13-9-23(10-14-25)28(24-11-15-26(16-12-24)31(33)34)27(8-5-21-32)22-6-3-2-4-7-22;1-30-17-19-31(20-18-30)26-15-11-24(12-16-26)28(23-9-13-25(29)14-10-23)27(8-5-21-32)22-6-3-2-4-7-22/h4-6,8-9,11-18,27-28,32H,7,10,19-21H2,1-3H3;3-5,7-8,10-17,32H,6,9,18-22H2,1-2H3;2-4,6-7,9-16,32H,5,8,17-21H2,1H3;2-4,6-7,9-16,32H,5,8,17-21,29H2,1H3/b30-29-;29-28-;28-27+;28-27-. The molecule has 1 aliphatic carbocycles. The smallest absolute Gasteiger partial charge is 0.269 e. The summed E-state index contributed by atoms with van der Waals surface area (Å²) < 4.78 is 0. The van der Waals surface area contributed by atoms with Gasteiger partial charge in [0.15, 0.2) is 0 Å². The summed E-state index contributed by atoms with van der Waals surface area (Å²) >= 11 is 0. The zero-order valence-electron chi connectivity index (χ0n) is 77.3. The number of nitro benzene ring substituents is 1. The van der Waals surface area contributed by atoms with Crippen molar-refractivity contribution in [3.63, 3.8) is 0 Å². The zero-order chi connectivity index (χ0) is 91.1. The van der Waals surface area contributed by atoms with Crippen LogP contribution in [0.4, 0.5) is 28.4 Å². The van der Waals surface area contributed by atoms with Gasteiger partial charge in [0.1, 0.15) is 0 Å². The predicted octanol–water partition coefficient (Wildman–Crippen LogP) is 21.8. The fourth-order valence-electron chi connectivity index (χ4n) is 18.1. The van der Waals surface area contributed by atoms with E-state index >= 15 is 0 Å². The fraction of sp³-hybridized carbons (Fsp3) is 0.304. The maximum absolute atomic E-state index is 11.2. The minimum atomic E-state index is -0.373. The van der Waals surface area contributed by atoms with E-state index in [4.69, 9.17) is 5.73 Å². The molecule has 1 saturated carbocycles. The van der Waals surface area contributed by atoms with E-state index in [1.54, 1.807) is 12.1 Å². The van der Waals surface area contributed by atoms with Crippen LogP contribution in [0.1, 0.15) is 154 Å². The van der Waals surface area contributed by atoms with Crippen LogP contribution in [0.3, 0.4) is 0 Å². The number of non-ortho nitro benzene ring substituents is 1. The summed E-state index contributed by atoms with van der Waals surface area (Å²) in [5.74, 6) is 0.672. The van der Waals surface area contributed by atoms with E-state index in [0.717, 1.165) is 156 Å². The molecule has 0 spiro atoms. The van der Waals surface area contributed by atoms with Crippen molar-refractivity contribution in [1.82, 2.24) is 19.6 Å². The molecule has 0 amide bonds. The Morgan fingerprint density at radius 3 is 0.792 bits per heavy atom. The lowest BCUT2D eigenvalue weighted by Crippen LogP contribution is -2.44. The Morgan fingerprint density at radius 1 is 0.323 bits per heavy atom. The van der Waals surface area contributed by atoms with Crippen LogP contribution >= 0.6 is 0 Å². The number of likely N-dealkylation sites (N-methyl/N-ethyl adjacent to an activating group) is 3. The molecular weight excluding hydrogens is 1600 g/mol. The summed E-state index contributed by atoms with van der Waals surface area (Å²) in [6.07, 6.45) is 8.56. The van der Waals surface area contributed by atoms with E-state index in [1.807, 2.05) is 48.5 Å². The van der Waals surface area contributed by atoms with Crippen LogP contribution in [0.2, 0.25) is 0 Å². The van der Waals surface area contributed by atoms with Crippen molar-refractivity contribution >= 4 is 73.0 Å². The average Bonchev–Trinajstić information content (AvgIpc) is 0.798. The van der Waals surface area contributed by atoms with Gasteiger partial charge >= 0.3 is 0 Å². The third-order valence-corrected chi connectivity index (χ3v) is 25.9. The summed E-state index contributed by atoms with van der Waals surface area (Å²) in [6.45, 7) is 17.7. The van der Waals surface area contributed by atoms with Gasteiger partial charge in [0.05, 0.1) is 4.92 Å². The number of nitrogen functional groups attached to an aromatic ring is 1. The average molecular weight is 1740 g/mol. The molecule has 15 nitrogen and oxygen atoms in total. The molecule has 0 atom stereocenters. The van der Waals surface area contributed by atoms with Crippen LogP contribution in [0.5, 0.6) is 0 Å². The Balaban J connectivity index is 0.000000148. The SMILES string of the molecule is CN1CCN(c2ccc(/C(=C(/CCCO)c3ccccc3)c3ccc(N)cc3)cc2)CC1.CN1CCN(c2ccc(/C(=C(/CCCO)c3ccccc3)c3ccc([N+](=O)[O-])cc3)cc2)CC1.Cc1ccc(/C(=C(\CCCO)c2ccccc2)c2ccc(C3CC(N(C)C)C3)cc2)cc1.Cc1ccc(/C(=C(\CCCO)c2ccccc2)c2ccc(N3CCN(C)CC3)cc2)cc1. The highest BCUT2D eigenvalue weighted by molar-refractivity contribution is 6.02. The number of benzene rings is 12. The Morgan fingerprint density at radius 2 is 0.554 bits per heavy atom. The van der Waals surface area contributed by atoms with E-state index in [2.05, 4.69) is 338 Å². The van der Waals surface area contributed by atoms with Crippen molar-refractivity contribution in [2.45, 2.75) is 90.0 Å². The lowest BCUT2D eigenvalue weighted by Gasteiger charge is -2.40. The first-order valence-corrected chi connectivity index (χ1v) is 46.7. The molecule has 674 valence electrons.